The molecule has 0 aliphatic carbocycles. The Morgan fingerprint density at radius 2 is 1.86 bits per heavy atom. The van der Waals surface area contributed by atoms with Gasteiger partial charge in [-0.25, -0.2) is 4.39 Å². The third-order valence-corrected chi connectivity index (χ3v) is 5.72. The lowest BCUT2D eigenvalue weighted by molar-refractivity contribution is -0.384. The fourth-order valence-corrected chi connectivity index (χ4v) is 4.27. The highest BCUT2D eigenvalue weighted by Crippen LogP contribution is 2.37. The van der Waals surface area contributed by atoms with Gasteiger partial charge in [-0.2, -0.15) is 0 Å². The predicted octanol–water partition coefficient (Wildman–Crippen LogP) is 4.58. The molecule has 1 fully saturated rings. The minimum absolute atomic E-state index is 0.100. The number of anilines is 2. The van der Waals surface area contributed by atoms with Gasteiger partial charge in [-0.3, -0.25) is 14.9 Å². The number of carbonyl (C=O) groups is 1. The van der Waals surface area contributed by atoms with Crippen LogP contribution in [0, 0.1) is 15.9 Å². The summed E-state index contributed by atoms with van der Waals surface area (Å²) in [6.07, 6.45) is 3.21. The molecule has 2 aromatic rings. The van der Waals surface area contributed by atoms with Gasteiger partial charge in [0, 0.05) is 36.3 Å². The molecule has 0 unspecified atom stereocenters. The Balaban J connectivity index is 1.73. The molecule has 4 rings (SSSR count). The van der Waals surface area contributed by atoms with Gasteiger partial charge >= 0.3 is 0 Å². The van der Waals surface area contributed by atoms with Crippen LogP contribution in [0.4, 0.5) is 21.5 Å². The van der Waals surface area contributed by atoms with E-state index in [9.17, 15) is 19.3 Å². The number of hydrogen-bond donors (Lipinski definition) is 0. The molecule has 0 aromatic heterocycles. The van der Waals surface area contributed by atoms with Crippen molar-refractivity contribution >= 4 is 34.6 Å². The van der Waals surface area contributed by atoms with Gasteiger partial charge in [0.2, 0.25) is 0 Å². The smallest absolute Gasteiger partial charge is 0.293 e. The quantitative estimate of drug-likeness (QED) is 0.555. The second-order valence-corrected chi connectivity index (χ2v) is 7.48. The number of benzene rings is 2. The summed E-state index contributed by atoms with van der Waals surface area (Å²) >= 11 is 6.19. The van der Waals surface area contributed by atoms with Crippen molar-refractivity contribution < 1.29 is 14.1 Å². The van der Waals surface area contributed by atoms with Crippen molar-refractivity contribution in [3.05, 3.63) is 62.4 Å². The molecule has 6 nitrogen and oxygen atoms in total. The number of nitro groups is 1. The topological polar surface area (TPSA) is 66.7 Å². The standard InChI is InChI=1S/C20H19ClFN3O3/c21-15-6-7-16(22)19-14(15)4-3-11-24(19)20(26)13-5-8-17(18(12-13)25(27)28)23-9-1-2-10-23/h5-8,12H,1-4,9-11H2. The number of nitrogens with zero attached hydrogens (tertiary/aromatic N) is 3. The molecule has 1 amide bonds. The molecule has 0 spiro atoms. The Labute approximate surface area is 166 Å². The number of rotatable bonds is 3. The van der Waals surface area contributed by atoms with Gasteiger partial charge < -0.3 is 9.80 Å². The number of carbonyl (C=O) groups excluding carboxylic acids is 1. The first kappa shape index (κ1) is 18.7. The number of amides is 1. The van der Waals surface area contributed by atoms with Crippen LogP contribution in [-0.4, -0.2) is 30.5 Å². The van der Waals surface area contributed by atoms with E-state index < -0.39 is 16.6 Å². The van der Waals surface area contributed by atoms with E-state index in [1.54, 1.807) is 12.1 Å². The minimum atomic E-state index is -0.518. The Morgan fingerprint density at radius 1 is 1.11 bits per heavy atom. The lowest BCUT2D eigenvalue weighted by Crippen LogP contribution is -2.36. The number of halogens is 2. The van der Waals surface area contributed by atoms with Gasteiger partial charge in [0.1, 0.15) is 11.5 Å². The third kappa shape index (κ3) is 3.20. The number of fused-ring (bicyclic) bond motifs is 1. The fraction of sp³-hybridized carbons (Fsp3) is 0.350. The summed E-state index contributed by atoms with van der Waals surface area (Å²) in [5.74, 6) is -0.978. The molecule has 2 heterocycles. The molecule has 0 bridgehead atoms. The molecule has 0 radical (unpaired) electrons. The maximum atomic E-state index is 14.5. The Morgan fingerprint density at radius 3 is 2.57 bits per heavy atom. The maximum Gasteiger partial charge on any atom is 0.293 e. The summed E-state index contributed by atoms with van der Waals surface area (Å²) in [6.45, 7) is 1.86. The van der Waals surface area contributed by atoms with Crippen molar-refractivity contribution in [1.82, 2.24) is 0 Å². The lowest BCUT2D eigenvalue weighted by atomic mass is 10.00. The van der Waals surface area contributed by atoms with Crippen LogP contribution in [-0.2, 0) is 6.42 Å². The van der Waals surface area contributed by atoms with Crippen LogP contribution in [0.25, 0.3) is 0 Å². The molecule has 0 saturated carbocycles. The monoisotopic (exact) mass is 403 g/mol. The average molecular weight is 404 g/mol. The van der Waals surface area contributed by atoms with Crippen LogP contribution in [0.3, 0.4) is 0 Å². The molecule has 2 aromatic carbocycles. The van der Waals surface area contributed by atoms with Gasteiger partial charge in [-0.15, -0.1) is 0 Å². The number of nitro benzene ring substituents is 1. The third-order valence-electron chi connectivity index (χ3n) is 5.37. The SMILES string of the molecule is O=C(c1ccc(N2CCCC2)c([N+](=O)[O-])c1)N1CCCc2c(Cl)ccc(F)c21. The van der Waals surface area contributed by atoms with E-state index in [1.165, 1.54) is 23.1 Å². The maximum absolute atomic E-state index is 14.5. The van der Waals surface area contributed by atoms with Gasteiger partial charge in [-0.05, 0) is 55.5 Å². The summed E-state index contributed by atoms with van der Waals surface area (Å²) in [6, 6.07) is 7.23. The summed E-state index contributed by atoms with van der Waals surface area (Å²) in [4.78, 5) is 27.6. The molecule has 0 N–H and O–H groups in total. The zero-order valence-electron chi connectivity index (χ0n) is 15.2. The summed E-state index contributed by atoms with van der Waals surface area (Å²) < 4.78 is 14.5. The number of hydrogen-bond acceptors (Lipinski definition) is 4. The van der Waals surface area contributed by atoms with Crippen LogP contribution in [0.5, 0.6) is 0 Å². The fourth-order valence-electron chi connectivity index (χ4n) is 4.03. The highest BCUT2D eigenvalue weighted by atomic mass is 35.5. The normalized spacial score (nSPS) is 16.2. The lowest BCUT2D eigenvalue weighted by Gasteiger charge is -2.30. The summed E-state index contributed by atoms with van der Waals surface area (Å²) in [7, 11) is 0. The second-order valence-electron chi connectivity index (χ2n) is 7.07. The van der Waals surface area contributed by atoms with E-state index in [1.807, 2.05) is 4.90 Å². The largest absolute Gasteiger partial charge is 0.366 e. The molecule has 2 aliphatic heterocycles. The minimum Gasteiger partial charge on any atom is -0.366 e. The van der Waals surface area contributed by atoms with Crippen LogP contribution < -0.4 is 9.80 Å². The zero-order chi connectivity index (χ0) is 19.8. The summed E-state index contributed by atoms with van der Waals surface area (Å²) in [5.41, 5.74) is 1.37. The zero-order valence-corrected chi connectivity index (χ0v) is 15.9. The van der Waals surface area contributed by atoms with Crippen molar-refractivity contribution in [3.8, 4) is 0 Å². The molecule has 1 saturated heterocycles. The predicted molar refractivity (Wildman–Crippen MR) is 106 cm³/mol. The second kappa shape index (κ2) is 7.39. The van der Waals surface area contributed by atoms with Crippen LogP contribution >= 0.6 is 11.6 Å². The van der Waals surface area contributed by atoms with Crippen LogP contribution in [0.15, 0.2) is 30.3 Å². The molecule has 8 heteroatoms. The molecular weight excluding hydrogens is 385 g/mol. The Hall–Kier alpha value is -2.67. The van der Waals surface area contributed by atoms with E-state index in [0.29, 0.717) is 35.7 Å². The first-order valence-corrected chi connectivity index (χ1v) is 9.67. The van der Waals surface area contributed by atoms with E-state index in [2.05, 4.69) is 0 Å². The molecule has 28 heavy (non-hydrogen) atoms. The summed E-state index contributed by atoms with van der Waals surface area (Å²) in [5, 5.41) is 12.0. The van der Waals surface area contributed by atoms with Crippen molar-refractivity contribution in [3.63, 3.8) is 0 Å². The van der Waals surface area contributed by atoms with Gasteiger partial charge in [-0.1, -0.05) is 11.6 Å². The van der Waals surface area contributed by atoms with Crippen molar-refractivity contribution in [1.29, 1.82) is 0 Å². The van der Waals surface area contributed by atoms with E-state index in [0.717, 1.165) is 25.9 Å². The average Bonchev–Trinajstić information content (AvgIpc) is 3.24. The molecule has 2 aliphatic rings. The van der Waals surface area contributed by atoms with Gasteiger partial charge in [0.05, 0.1) is 10.6 Å². The Bertz CT molecular complexity index is 960. The highest BCUT2D eigenvalue weighted by molar-refractivity contribution is 6.32. The molecule has 146 valence electrons. The van der Waals surface area contributed by atoms with Crippen molar-refractivity contribution in [2.24, 2.45) is 0 Å². The van der Waals surface area contributed by atoms with E-state index in [-0.39, 0.29) is 16.9 Å². The van der Waals surface area contributed by atoms with Crippen molar-refractivity contribution in [2.75, 3.05) is 29.4 Å². The first-order chi connectivity index (χ1) is 13.5. The molecular formula is C20H19ClFN3O3. The van der Waals surface area contributed by atoms with E-state index in [4.69, 9.17) is 11.6 Å². The highest BCUT2D eigenvalue weighted by Gasteiger charge is 2.30. The van der Waals surface area contributed by atoms with Crippen LogP contribution in [0.1, 0.15) is 35.2 Å². The van der Waals surface area contributed by atoms with Gasteiger partial charge in [0.15, 0.2) is 0 Å². The van der Waals surface area contributed by atoms with Gasteiger partial charge in [0.25, 0.3) is 11.6 Å². The van der Waals surface area contributed by atoms with Crippen LogP contribution in [0.2, 0.25) is 5.02 Å². The Kier molecular flexibility index (Phi) is 4.93. The van der Waals surface area contributed by atoms with E-state index >= 15 is 0 Å². The van der Waals surface area contributed by atoms with Crippen molar-refractivity contribution in [2.45, 2.75) is 25.7 Å². The molecule has 0 atom stereocenters. The first-order valence-electron chi connectivity index (χ1n) is 9.29.